The summed E-state index contributed by atoms with van der Waals surface area (Å²) in [5, 5.41) is 0. The molecular weight excluding hydrogens is 194 g/mol. The zero-order chi connectivity index (χ0) is 10.8. The van der Waals surface area contributed by atoms with Crippen molar-refractivity contribution in [2.45, 2.75) is 12.8 Å². The molecule has 0 saturated carbocycles. The Morgan fingerprint density at radius 1 is 0.750 bits per heavy atom. The largest absolute Gasteiger partial charge is 0.253 e. The van der Waals surface area contributed by atoms with E-state index in [-0.39, 0.29) is 0 Å². The van der Waals surface area contributed by atoms with Gasteiger partial charge in [0.05, 0.1) is 5.69 Å². The molecule has 0 atom stereocenters. The fourth-order valence-electron chi connectivity index (χ4n) is 2.18. The molecule has 1 aliphatic carbocycles. The van der Waals surface area contributed by atoms with E-state index in [0.717, 1.165) is 18.5 Å². The van der Waals surface area contributed by atoms with Crippen LogP contribution < -0.4 is 0 Å². The van der Waals surface area contributed by atoms with Gasteiger partial charge in [-0.05, 0) is 36.1 Å². The topological polar surface area (TPSA) is 12.4 Å². The molecule has 2 aromatic rings. The molecule has 0 unspecified atom stereocenters. The average molecular weight is 207 g/mol. The molecule has 0 saturated heterocycles. The van der Waals surface area contributed by atoms with Gasteiger partial charge in [0, 0.05) is 5.71 Å². The summed E-state index contributed by atoms with van der Waals surface area (Å²) in [5.41, 5.74) is 5.03. The fourth-order valence-corrected chi connectivity index (χ4v) is 2.18. The summed E-state index contributed by atoms with van der Waals surface area (Å²) < 4.78 is 0. The zero-order valence-corrected chi connectivity index (χ0v) is 9.06. The van der Waals surface area contributed by atoms with Gasteiger partial charge in [-0.15, -0.1) is 0 Å². The summed E-state index contributed by atoms with van der Waals surface area (Å²) in [7, 11) is 0. The first kappa shape index (κ1) is 9.34. The van der Waals surface area contributed by atoms with E-state index < -0.39 is 0 Å². The summed E-state index contributed by atoms with van der Waals surface area (Å²) in [4.78, 5) is 4.72. The molecule has 3 rings (SSSR count). The van der Waals surface area contributed by atoms with E-state index in [9.17, 15) is 0 Å². The lowest BCUT2D eigenvalue weighted by Gasteiger charge is -1.99. The molecule has 0 spiro atoms. The molecule has 0 bridgehead atoms. The van der Waals surface area contributed by atoms with Crippen molar-refractivity contribution in [2.24, 2.45) is 4.99 Å². The minimum Gasteiger partial charge on any atom is -0.253 e. The standard InChI is InChI=1S/C15H13N/c1-2-7-13(8-3-1)16-15-11-10-12-6-4-5-9-14(12)15/h1-9H,10-11H2/b16-15+. The van der Waals surface area contributed by atoms with E-state index in [4.69, 9.17) is 4.99 Å². The molecule has 0 N–H and O–H groups in total. The third-order valence-electron chi connectivity index (χ3n) is 2.98. The molecule has 0 radical (unpaired) electrons. The number of aryl methyl sites for hydroxylation is 1. The second-order valence-corrected chi connectivity index (χ2v) is 4.05. The normalized spacial score (nSPS) is 16.4. The summed E-state index contributed by atoms with van der Waals surface area (Å²) in [6, 6.07) is 18.7. The molecule has 1 aliphatic rings. The number of fused-ring (bicyclic) bond motifs is 1. The molecule has 0 aliphatic heterocycles. The minimum absolute atomic E-state index is 1.05. The number of aliphatic imine (C=N–C) groups is 1. The minimum atomic E-state index is 1.05. The molecule has 0 fully saturated rings. The summed E-state index contributed by atoms with van der Waals surface area (Å²) >= 11 is 0. The Morgan fingerprint density at radius 2 is 1.50 bits per heavy atom. The number of para-hydroxylation sites is 1. The average Bonchev–Trinajstić information content (AvgIpc) is 2.74. The third-order valence-corrected chi connectivity index (χ3v) is 2.98. The van der Waals surface area contributed by atoms with Gasteiger partial charge in [-0.25, -0.2) is 0 Å². The van der Waals surface area contributed by atoms with E-state index >= 15 is 0 Å². The van der Waals surface area contributed by atoms with Crippen LogP contribution in [0, 0.1) is 0 Å². The summed E-state index contributed by atoms with van der Waals surface area (Å²) in [5.74, 6) is 0. The van der Waals surface area contributed by atoms with Crippen LogP contribution in [0.5, 0.6) is 0 Å². The highest BCUT2D eigenvalue weighted by atomic mass is 14.7. The molecule has 0 aromatic heterocycles. The van der Waals surface area contributed by atoms with E-state index in [1.165, 1.54) is 16.8 Å². The molecule has 2 aromatic carbocycles. The Labute approximate surface area is 95.5 Å². The van der Waals surface area contributed by atoms with E-state index in [1.54, 1.807) is 0 Å². The number of rotatable bonds is 1. The monoisotopic (exact) mass is 207 g/mol. The van der Waals surface area contributed by atoms with Crippen LogP contribution in [-0.4, -0.2) is 5.71 Å². The molecular formula is C15H13N. The van der Waals surface area contributed by atoms with Gasteiger partial charge in [-0.2, -0.15) is 0 Å². The molecule has 1 heteroatoms. The lowest BCUT2D eigenvalue weighted by molar-refractivity contribution is 1.09. The number of hydrogen-bond donors (Lipinski definition) is 0. The maximum Gasteiger partial charge on any atom is 0.0633 e. The number of benzene rings is 2. The number of hydrogen-bond acceptors (Lipinski definition) is 1. The highest BCUT2D eigenvalue weighted by Gasteiger charge is 2.16. The van der Waals surface area contributed by atoms with Gasteiger partial charge >= 0.3 is 0 Å². The Bertz CT molecular complexity index is 526. The Kier molecular flexibility index (Phi) is 2.30. The van der Waals surface area contributed by atoms with Gasteiger partial charge in [0.15, 0.2) is 0 Å². The third kappa shape index (κ3) is 1.65. The molecule has 0 heterocycles. The van der Waals surface area contributed by atoms with Crippen LogP contribution in [0.4, 0.5) is 5.69 Å². The van der Waals surface area contributed by atoms with Crippen molar-refractivity contribution < 1.29 is 0 Å². The molecule has 16 heavy (non-hydrogen) atoms. The van der Waals surface area contributed by atoms with E-state index in [1.807, 2.05) is 30.3 Å². The Hall–Kier alpha value is -1.89. The fraction of sp³-hybridized carbons (Fsp3) is 0.133. The van der Waals surface area contributed by atoms with Gasteiger partial charge in [-0.1, -0.05) is 42.5 Å². The highest BCUT2D eigenvalue weighted by molar-refractivity contribution is 6.05. The SMILES string of the molecule is c1ccc(/N=C2\CCc3ccccc32)cc1. The lowest BCUT2D eigenvalue weighted by atomic mass is 10.1. The van der Waals surface area contributed by atoms with Crippen LogP contribution in [-0.2, 0) is 6.42 Å². The molecule has 0 amide bonds. The van der Waals surface area contributed by atoms with Crippen molar-refractivity contribution >= 4 is 11.4 Å². The van der Waals surface area contributed by atoms with Crippen molar-refractivity contribution in [3.63, 3.8) is 0 Å². The van der Waals surface area contributed by atoms with Gasteiger partial charge in [0.25, 0.3) is 0 Å². The molecule has 1 nitrogen and oxygen atoms in total. The van der Waals surface area contributed by atoms with Crippen LogP contribution in [0.1, 0.15) is 17.5 Å². The van der Waals surface area contributed by atoms with E-state index in [0.29, 0.717) is 0 Å². The first-order valence-electron chi connectivity index (χ1n) is 5.64. The smallest absolute Gasteiger partial charge is 0.0633 e. The number of nitrogens with zero attached hydrogens (tertiary/aromatic N) is 1. The first-order valence-corrected chi connectivity index (χ1v) is 5.64. The Morgan fingerprint density at radius 3 is 2.38 bits per heavy atom. The van der Waals surface area contributed by atoms with Crippen LogP contribution in [0.3, 0.4) is 0 Å². The Balaban J connectivity index is 2.02. The van der Waals surface area contributed by atoms with Crippen LogP contribution in [0.25, 0.3) is 0 Å². The van der Waals surface area contributed by atoms with Gasteiger partial charge < -0.3 is 0 Å². The maximum atomic E-state index is 4.72. The van der Waals surface area contributed by atoms with Crippen LogP contribution >= 0.6 is 0 Å². The van der Waals surface area contributed by atoms with Crippen LogP contribution in [0.15, 0.2) is 59.6 Å². The maximum absolute atomic E-state index is 4.72. The molecule has 78 valence electrons. The van der Waals surface area contributed by atoms with Gasteiger partial charge in [0.1, 0.15) is 0 Å². The quantitative estimate of drug-likeness (QED) is 0.675. The summed E-state index contributed by atoms with van der Waals surface area (Å²) in [6.45, 7) is 0. The van der Waals surface area contributed by atoms with Gasteiger partial charge in [0.2, 0.25) is 0 Å². The second-order valence-electron chi connectivity index (χ2n) is 4.05. The van der Waals surface area contributed by atoms with Crippen molar-refractivity contribution in [1.82, 2.24) is 0 Å². The van der Waals surface area contributed by atoms with Crippen molar-refractivity contribution in [2.75, 3.05) is 0 Å². The van der Waals surface area contributed by atoms with Crippen molar-refractivity contribution in [3.8, 4) is 0 Å². The lowest BCUT2D eigenvalue weighted by Crippen LogP contribution is -1.92. The highest BCUT2D eigenvalue weighted by Crippen LogP contribution is 2.24. The zero-order valence-electron chi connectivity index (χ0n) is 9.06. The van der Waals surface area contributed by atoms with Gasteiger partial charge in [-0.3, -0.25) is 4.99 Å². The predicted molar refractivity (Wildman–Crippen MR) is 67.4 cm³/mol. The van der Waals surface area contributed by atoms with E-state index in [2.05, 4.69) is 24.3 Å². The first-order chi connectivity index (χ1) is 7.93. The second kappa shape index (κ2) is 3.93. The van der Waals surface area contributed by atoms with Crippen molar-refractivity contribution in [1.29, 1.82) is 0 Å². The predicted octanol–water partition coefficient (Wildman–Crippen LogP) is 3.75. The van der Waals surface area contributed by atoms with Crippen molar-refractivity contribution in [3.05, 3.63) is 65.7 Å². The summed E-state index contributed by atoms with van der Waals surface area (Å²) in [6.07, 6.45) is 2.19. The van der Waals surface area contributed by atoms with Crippen LogP contribution in [0.2, 0.25) is 0 Å².